The third kappa shape index (κ3) is 11.6. The van der Waals surface area contributed by atoms with Gasteiger partial charge in [-0.3, -0.25) is 0 Å². The van der Waals surface area contributed by atoms with Gasteiger partial charge in [-0.15, -0.1) is 0 Å². The maximum absolute atomic E-state index is 12.4. The number of carbonyl (C=O) groups excluding carboxylic acids is 1. The molecule has 5 nitrogen and oxygen atoms in total. The lowest BCUT2D eigenvalue weighted by Crippen LogP contribution is -2.18. The van der Waals surface area contributed by atoms with Crippen LogP contribution in [-0.2, 0) is 4.74 Å². The van der Waals surface area contributed by atoms with Crippen LogP contribution in [0.5, 0.6) is 17.2 Å². The number of ether oxygens (including phenoxy) is 4. The molecule has 2 rings (SSSR count). The van der Waals surface area contributed by atoms with E-state index in [4.69, 9.17) is 18.9 Å². The molecular weight excluding hydrogens is 428 g/mol. The predicted molar refractivity (Wildman–Crippen MR) is 137 cm³/mol. The minimum atomic E-state index is -0.398. The number of benzene rings is 2. The molecule has 0 spiro atoms. The van der Waals surface area contributed by atoms with Gasteiger partial charge in [-0.2, -0.15) is 0 Å². The fourth-order valence-electron chi connectivity index (χ4n) is 3.46. The molecule has 0 radical (unpaired) electrons. The molecule has 188 valence electrons. The van der Waals surface area contributed by atoms with Gasteiger partial charge in [0, 0.05) is 6.61 Å². The number of rotatable bonds is 18. The van der Waals surface area contributed by atoms with Crippen molar-refractivity contribution in [1.29, 1.82) is 0 Å². The van der Waals surface area contributed by atoms with Crippen molar-refractivity contribution in [3.05, 3.63) is 54.1 Å². The summed E-state index contributed by atoms with van der Waals surface area (Å²) in [5, 5.41) is 0. The van der Waals surface area contributed by atoms with Crippen molar-refractivity contribution in [3.8, 4) is 17.2 Å². The van der Waals surface area contributed by atoms with E-state index in [2.05, 4.69) is 13.8 Å². The van der Waals surface area contributed by atoms with Gasteiger partial charge < -0.3 is 18.9 Å². The Balaban J connectivity index is 1.66. The van der Waals surface area contributed by atoms with Gasteiger partial charge in [-0.05, 0) is 68.3 Å². The Morgan fingerprint density at radius 3 is 1.88 bits per heavy atom. The summed E-state index contributed by atoms with van der Waals surface area (Å²) >= 11 is 0. The molecule has 1 atom stereocenters. The average molecular weight is 471 g/mol. The predicted octanol–water partition coefficient (Wildman–Crippen LogP) is 7.62. The number of carbonyl (C=O) groups is 1. The van der Waals surface area contributed by atoms with E-state index in [0.29, 0.717) is 30.3 Å². The van der Waals surface area contributed by atoms with Crippen LogP contribution in [0, 0.1) is 0 Å². The number of hydrogen-bond acceptors (Lipinski definition) is 5. The van der Waals surface area contributed by atoms with Gasteiger partial charge in [0.15, 0.2) is 0 Å². The van der Waals surface area contributed by atoms with Gasteiger partial charge in [0.25, 0.3) is 0 Å². The lowest BCUT2D eigenvalue weighted by Gasteiger charge is -2.14. The molecule has 0 N–H and O–H groups in total. The van der Waals surface area contributed by atoms with Gasteiger partial charge in [-0.25, -0.2) is 4.79 Å². The normalized spacial score (nSPS) is 11.7. The first-order valence-electron chi connectivity index (χ1n) is 12.9. The Hall–Kier alpha value is -2.53. The number of unbranched alkanes of at least 4 members (excludes halogenated alkanes) is 7. The first-order chi connectivity index (χ1) is 16.6. The van der Waals surface area contributed by atoms with E-state index in [1.807, 2.05) is 19.1 Å². The number of hydrogen-bond donors (Lipinski definition) is 0. The topological polar surface area (TPSA) is 54.0 Å². The van der Waals surface area contributed by atoms with Crippen LogP contribution in [0.15, 0.2) is 48.5 Å². The first kappa shape index (κ1) is 27.7. The second-order valence-electron chi connectivity index (χ2n) is 8.70. The van der Waals surface area contributed by atoms with E-state index < -0.39 is 5.97 Å². The molecule has 34 heavy (non-hydrogen) atoms. The van der Waals surface area contributed by atoms with Crippen LogP contribution in [0.4, 0.5) is 0 Å². The highest BCUT2D eigenvalue weighted by Crippen LogP contribution is 2.20. The third-order valence-electron chi connectivity index (χ3n) is 5.48. The monoisotopic (exact) mass is 470 g/mol. The van der Waals surface area contributed by atoms with Crippen LogP contribution in [0.25, 0.3) is 0 Å². The van der Waals surface area contributed by atoms with E-state index in [1.165, 1.54) is 44.9 Å². The standard InChI is InChI=1S/C29H42O5/c1-4-6-7-8-9-10-11-12-22-32-26-15-13-25(14-16-26)29(30)34-28-19-17-27(18-20-28)33-23-24(3)31-21-5-2/h13-20,24H,4-12,21-23H2,1-3H3. The summed E-state index contributed by atoms with van der Waals surface area (Å²) < 4.78 is 22.6. The zero-order valence-corrected chi connectivity index (χ0v) is 21.2. The SMILES string of the molecule is CCCCCCCCCCOc1ccc(C(=O)Oc2ccc(OCC(C)OCCC)cc2)cc1. The lowest BCUT2D eigenvalue weighted by atomic mass is 10.1. The second-order valence-corrected chi connectivity index (χ2v) is 8.70. The fraction of sp³-hybridized carbons (Fsp3) is 0.552. The van der Waals surface area contributed by atoms with E-state index in [9.17, 15) is 4.79 Å². The molecule has 0 aliphatic heterocycles. The van der Waals surface area contributed by atoms with Gasteiger partial charge in [-0.1, -0.05) is 58.8 Å². The molecule has 1 unspecified atom stereocenters. The maximum atomic E-state index is 12.4. The molecule has 0 aliphatic rings. The lowest BCUT2D eigenvalue weighted by molar-refractivity contribution is 0.0327. The van der Waals surface area contributed by atoms with E-state index in [-0.39, 0.29) is 6.10 Å². The molecular formula is C29H42O5. The van der Waals surface area contributed by atoms with Crippen LogP contribution in [0.3, 0.4) is 0 Å². The van der Waals surface area contributed by atoms with Crippen LogP contribution >= 0.6 is 0 Å². The van der Waals surface area contributed by atoms with Crippen molar-refractivity contribution in [2.45, 2.75) is 84.7 Å². The molecule has 0 aromatic heterocycles. The summed E-state index contributed by atoms with van der Waals surface area (Å²) in [7, 11) is 0. The minimum absolute atomic E-state index is 0.0322. The molecule has 0 saturated carbocycles. The molecule has 5 heteroatoms. The number of esters is 1. The largest absolute Gasteiger partial charge is 0.494 e. The molecule has 0 amide bonds. The second kappa shape index (κ2) is 17.0. The van der Waals surface area contributed by atoms with Crippen LogP contribution in [-0.4, -0.2) is 31.9 Å². The van der Waals surface area contributed by atoms with Gasteiger partial charge in [0.05, 0.1) is 18.3 Å². The van der Waals surface area contributed by atoms with Gasteiger partial charge in [0.2, 0.25) is 0 Å². The molecule has 0 aliphatic carbocycles. The average Bonchev–Trinajstić information content (AvgIpc) is 2.86. The zero-order valence-electron chi connectivity index (χ0n) is 21.2. The van der Waals surface area contributed by atoms with Crippen molar-refractivity contribution in [2.75, 3.05) is 19.8 Å². The molecule has 2 aromatic rings. The molecule has 0 fully saturated rings. The Bertz CT molecular complexity index is 785. The van der Waals surface area contributed by atoms with Crippen molar-refractivity contribution in [1.82, 2.24) is 0 Å². The van der Waals surface area contributed by atoms with Crippen molar-refractivity contribution >= 4 is 5.97 Å². The Kier molecular flexibility index (Phi) is 13.8. The molecule has 0 saturated heterocycles. The maximum Gasteiger partial charge on any atom is 0.343 e. The highest BCUT2D eigenvalue weighted by Gasteiger charge is 2.10. The summed E-state index contributed by atoms with van der Waals surface area (Å²) in [6, 6.07) is 14.1. The van der Waals surface area contributed by atoms with Crippen LogP contribution in [0.2, 0.25) is 0 Å². The van der Waals surface area contributed by atoms with E-state index in [0.717, 1.165) is 25.2 Å². The summed E-state index contributed by atoms with van der Waals surface area (Å²) in [4.78, 5) is 12.4. The van der Waals surface area contributed by atoms with Gasteiger partial charge in [0.1, 0.15) is 23.9 Å². The summed E-state index contributed by atoms with van der Waals surface area (Å²) in [6.45, 7) is 8.22. The van der Waals surface area contributed by atoms with Gasteiger partial charge >= 0.3 is 5.97 Å². The third-order valence-corrected chi connectivity index (χ3v) is 5.48. The van der Waals surface area contributed by atoms with Crippen molar-refractivity contribution in [3.63, 3.8) is 0 Å². The Morgan fingerprint density at radius 1 is 0.676 bits per heavy atom. The van der Waals surface area contributed by atoms with E-state index >= 15 is 0 Å². The smallest absolute Gasteiger partial charge is 0.343 e. The molecule has 2 aromatic carbocycles. The highest BCUT2D eigenvalue weighted by atomic mass is 16.5. The Labute approximate surface area is 205 Å². The minimum Gasteiger partial charge on any atom is -0.494 e. The van der Waals surface area contributed by atoms with Crippen molar-refractivity contribution < 1.29 is 23.7 Å². The summed E-state index contributed by atoms with van der Waals surface area (Å²) in [5.74, 6) is 1.57. The summed E-state index contributed by atoms with van der Waals surface area (Å²) in [5.41, 5.74) is 0.488. The Morgan fingerprint density at radius 2 is 1.24 bits per heavy atom. The quantitative estimate of drug-likeness (QED) is 0.127. The summed E-state index contributed by atoms with van der Waals surface area (Å²) in [6.07, 6.45) is 11.2. The zero-order chi connectivity index (χ0) is 24.4. The van der Waals surface area contributed by atoms with Crippen LogP contribution < -0.4 is 14.2 Å². The van der Waals surface area contributed by atoms with Crippen LogP contribution in [0.1, 0.15) is 88.9 Å². The van der Waals surface area contributed by atoms with Crippen molar-refractivity contribution in [2.24, 2.45) is 0 Å². The van der Waals surface area contributed by atoms with E-state index in [1.54, 1.807) is 36.4 Å². The highest BCUT2D eigenvalue weighted by molar-refractivity contribution is 5.91. The molecule has 0 bridgehead atoms. The first-order valence-corrected chi connectivity index (χ1v) is 12.9. The fourth-order valence-corrected chi connectivity index (χ4v) is 3.46. The molecule has 0 heterocycles.